The highest BCUT2D eigenvalue weighted by Gasteiger charge is 2.26. The van der Waals surface area contributed by atoms with E-state index in [0.717, 1.165) is 4.90 Å². The molecule has 1 amide bonds. The average molecular weight is 293 g/mol. The predicted octanol–water partition coefficient (Wildman–Crippen LogP) is 2.54. The van der Waals surface area contributed by atoms with Crippen LogP contribution in [0.2, 0.25) is 0 Å². The van der Waals surface area contributed by atoms with E-state index < -0.39 is 33.7 Å². The minimum absolute atomic E-state index is 0.203. The van der Waals surface area contributed by atoms with Crippen LogP contribution < -0.4 is 4.90 Å². The molecule has 0 aliphatic rings. The van der Waals surface area contributed by atoms with Crippen molar-refractivity contribution in [3.63, 3.8) is 0 Å². The van der Waals surface area contributed by atoms with Crippen LogP contribution >= 0.6 is 0 Å². The van der Waals surface area contributed by atoms with Gasteiger partial charge in [-0.25, -0.2) is 9.37 Å². The molecule has 0 aliphatic heterocycles. The maximum atomic E-state index is 14.0. The van der Waals surface area contributed by atoms with Crippen molar-refractivity contribution in [2.45, 2.75) is 0 Å². The van der Waals surface area contributed by atoms with Crippen molar-refractivity contribution in [1.82, 2.24) is 4.98 Å². The van der Waals surface area contributed by atoms with E-state index >= 15 is 0 Å². The first-order valence-corrected chi connectivity index (χ1v) is 5.74. The maximum absolute atomic E-state index is 14.0. The Morgan fingerprint density at radius 3 is 2.62 bits per heavy atom. The first kappa shape index (κ1) is 14.5. The van der Waals surface area contributed by atoms with Crippen molar-refractivity contribution in [1.29, 1.82) is 0 Å². The summed E-state index contributed by atoms with van der Waals surface area (Å²) in [4.78, 5) is 26.6. The Kier molecular flexibility index (Phi) is 3.88. The third-order valence-electron chi connectivity index (χ3n) is 2.74. The van der Waals surface area contributed by atoms with Gasteiger partial charge in [0.15, 0.2) is 0 Å². The van der Waals surface area contributed by atoms with Gasteiger partial charge in [0.1, 0.15) is 11.6 Å². The van der Waals surface area contributed by atoms with Crippen LogP contribution in [-0.2, 0) is 0 Å². The minimum Gasteiger partial charge on any atom is -0.296 e. The molecule has 21 heavy (non-hydrogen) atoms. The third-order valence-corrected chi connectivity index (χ3v) is 2.74. The summed E-state index contributed by atoms with van der Waals surface area (Å²) < 4.78 is 27.3. The number of aromatic nitrogens is 1. The second-order valence-corrected chi connectivity index (χ2v) is 4.10. The summed E-state index contributed by atoms with van der Waals surface area (Å²) in [5.41, 5.74) is -1.82. The van der Waals surface area contributed by atoms with Gasteiger partial charge in [-0.05, 0) is 18.2 Å². The molecule has 1 aromatic carbocycles. The van der Waals surface area contributed by atoms with E-state index in [1.165, 1.54) is 19.3 Å². The van der Waals surface area contributed by atoms with Crippen LogP contribution in [0.5, 0.6) is 0 Å². The highest BCUT2D eigenvalue weighted by Crippen LogP contribution is 2.24. The van der Waals surface area contributed by atoms with Gasteiger partial charge in [0.2, 0.25) is 5.82 Å². The Bertz CT molecular complexity index is 707. The first-order chi connectivity index (χ1) is 9.91. The number of amides is 1. The smallest absolute Gasteiger partial charge is 0.296 e. The SMILES string of the molecule is CN(C(=O)c1cc(F)cc([N+](=O)[O-])c1F)c1ccccn1. The molecule has 0 unspecified atom stereocenters. The molecular weight excluding hydrogens is 284 g/mol. The monoisotopic (exact) mass is 293 g/mol. The van der Waals surface area contributed by atoms with E-state index in [4.69, 9.17) is 0 Å². The highest BCUT2D eigenvalue weighted by atomic mass is 19.1. The normalized spacial score (nSPS) is 10.2. The molecule has 2 aromatic rings. The number of rotatable bonds is 3. The summed E-state index contributed by atoms with van der Waals surface area (Å²) in [6.45, 7) is 0. The fourth-order valence-corrected chi connectivity index (χ4v) is 1.70. The quantitative estimate of drug-likeness (QED) is 0.643. The molecule has 0 fully saturated rings. The summed E-state index contributed by atoms with van der Waals surface area (Å²) in [7, 11) is 1.31. The molecule has 1 heterocycles. The van der Waals surface area contributed by atoms with Crippen molar-refractivity contribution < 1.29 is 18.5 Å². The minimum atomic E-state index is -1.38. The van der Waals surface area contributed by atoms with Crippen molar-refractivity contribution in [2.75, 3.05) is 11.9 Å². The van der Waals surface area contributed by atoms with Crippen molar-refractivity contribution >= 4 is 17.4 Å². The number of hydrogen-bond donors (Lipinski definition) is 0. The highest BCUT2D eigenvalue weighted by molar-refractivity contribution is 6.05. The van der Waals surface area contributed by atoms with E-state index in [9.17, 15) is 23.7 Å². The van der Waals surface area contributed by atoms with E-state index in [0.29, 0.717) is 12.1 Å². The van der Waals surface area contributed by atoms with Gasteiger partial charge < -0.3 is 0 Å². The van der Waals surface area contributed by atoms with Gasteiger partial charge in [0, 0.05) is 13.2 Å². The number of nitro benzene ring substituents is 1. The van der Waals surface area contributed by atoms with Crippen LogP contribution in [0.25, 0.3) is 0 Å². The van der Waals surface area contributed by atoms with Crippen molar-refractivity contribution in [2.24, 2.45) is 0 Å². The number of anilines is 1. The summed E-state index contributed by atoms with van der Waals surface area (Å²) in [6.07, 6.45) is 1.42. The summed E-state index contributed by atoms with van der Waals surface area (Å²) >= 11 is 0. The van der Waals surface area contributed by atoms with Gasteiger partial charge in [-0.15, -0.1) is 0 Å². The number of nitro groups is 1. The number of carbonyl (C=O) groups is 1. The second kappa shape index (κ2) is 5.61. The lowest BCUT2D eigenvalue weighted by atomic mass is 10.1. The van der Waals surface area contributed by atoms with Crippen LogP contribution in [-0.4, -0.2) is 22.9 Å². The molecule has 2 rings (SSSR count). The molecular formula is C13H9F2N3O3. The lowest BCUT2D eigenvalue weighted by Gasteiger charge is -2.16. The molecule has 0 atom stereocenters. The van der Waals surface area contributed by atoms with Gasteiger partial charge >= 0.3 is 5.69 Å². The Labute approximate surface area is 117 Å². The van der Waals surface area contributed by atoms with E-state index in [1.54, 1.807) is 12.1 Å². The lowest BCUT2D eigenvalue weighted by molar-refractivity contribution is -0.387. The van der Waals surface area contributed by atoms with Crippen LogP contribution in [0.15, 0.2) is 36.5 Å². The summed E-state index contributed by atoms with van der Waals surface area (Å²) in [6, 6.07) is 5.76. The van der Waals surface area contributed by atoms with Gasteiger partial charge in [-0.1, -0.05) is 6.07 Å². The summed E-state index contributed by atoms with van der Waals surface area (Å²) in [5, 5.41) is 10.7. The molecule has 6 nitrogen and oxygen atoms in total. The molecule has 1 aromatic heterocycles. The van der Waals surface area contributed by atoms with E-state index in [2.05, 4.69) is 4.98 Å². The summed E-state index contributed by atoms with van der Waals surface area (Å²) in [5.74, 6) is -3.18. The zero-order valence-corrected chi connectivity index (χ0v) is 10.8. The fraction of sp³-hybridized carbons (Fsp3) is 0.0769. The van der Waals surface area contributed by atoms with E-state index in [-0.39, 0.29) is 5.82 Å². The third kappa shape index (κ3) is 2.83. The standard InChI is InChI=1S/C13H9F2N3O3/c1-17(11-4-2-3-5-16-11)13(19)9-6-8(14)7-10(12(9)15)18(20)21/h2-7H,1H3. The van der Waals surface area contributed by atoms with Crippen LogP contribution in [0.3, 0.4) is 0 Å². The molecule has 0 aliphatic carbocycles. The molecule has 0 bridgehead atoms. The average Bonchev–Trinajstić information content (AvgIpc) is 2.48. The molecule has 108 valence electrons. The molecule has 0 radical (unpaired) electrons. The zero-order valence-electron chi connectivity index (χ0n) is 10.8. The second-order valence-electron chi connectivity index (χ2n) is 4.10. The molecule has 0 saturated carbocycles. The van der Waals surface area contributed by atoms with Gasteiger partial charge in [0.25, 0.3) is 5.91 Å². The lowest BCUT2D eigenvalue weighted by Crippen LogP contribution is -2.28. The Hall–Kier alpha value is -2.90. The predicted molar refractivity (Wildman–Crippen MR) is 70.0 cm³/mol. The number of hydrogen-bond acceptors (Lipinski definition) is 4. The topological polar surface area (TPSA) is 76.3 Å². The van der Waals surface area contributed by atoms with Gasteiger partial charge in [0.05, 0.1) is 16.6 Å². The zero-order chi connectivity index (χ0) is 15.6. The molecule has 8 heteroatoms. The Morgan fingerprint density at radius 1 is 1.33 bits per heavy atom. The number of nitrogens with zero attached hydrogens (tertiary/aromatic N) is 3. The Morgan fingerprint density at radius 2 is 2.05 bits per heavy atom. The van der Waals surface area contributed by atoms with Crippen molar-refractivity contribution in [3.05, 3.63) is 63.8 Å². The first-order valence-electron chi connectivity index (χ1n) is 5.74. The number of halogens is 2. The molecule has 0 spiro atoms. The fourth-order valence-electron chi connectivity index (χ4n) is 1.70. The largest absolute Gasteiger partial charge is 0.308 e. The maximum Gasteiger partial charge on any atom is 0.308 e. The van der Waals surface area contributed by atoms with Crippen LogP contribution in [0.1, 0.15) is 10.4 Å². The van der Waals surface area contributed by atoms with Gasteiger partial charge in [-0.2, -0.15) is 4.39 Å². The number of benzene rings is 1. The molecule has 0 N–H and O–H groups in total. The van der Waals surface area contributed by atoms with Gasteiger partial charge in [-0.3, -0.25) is 19.8 Å². The van der Waals surface area contributed by atoms with Crippen molar-refractivity contribution in [3.8, 4) is 0 Å². The number of carbonyl (C=O) groups excluding carboxylic acids is 1. The Balaban J connectivity index is 2.47. The molecule has 0 saturated heterocycles. The van der Waals surface area contributed by atoms with E-state index in [1.807, 2.05) is 0 Å². The van der Waals surface area contributed by atoms with Crippen LogP contribution in [0, 0.1) is 21.7 Å². The van der Waals surface area contributed by atoms with Crippen LogP contribution in [0.4, 0.5) is 20.3 Å². The number of pyridine rings is 1.